The second-order valence-electron chi connectivity index (χ2n) is 4.79. The highest BCUT2D eigenvalue weighted by Gasteiger charge is 2.38. The molecule has 1 fully saturated rings. The van der Waals surface area contributed by atoms with E-state index in [0.29, 0.717) is 0 Å². The fraction of sp³-hybridized carbons (Fsp3) is 0.385. The molecule has 1 unspecified atom stereocenters. The Labute approximate surface area is 126 Å². The maximum atomic E-state index is 13.8. The second-order valence-corrected chi connectivity index (χ2v) is 6.70. The number of nitrogens with zero attached hydrogens (tertiary/aromatic N) is 1. The number of carboxylic acids is 1. The number of hydrogen-bond acceptors (Lipinski definition) is 5. The first-order chi connectivity index (χ1) is 10.3. The average Bonchev–Trinajstić information content (AvgIpc) is 2.97. The number of sulfonamides is 1. The Morgan fingerprint density at radius 1 is 1.41 bits per heavy atom. The van der Waals surface area contributed by atoms with Crippen LogP contribution in [0.25, 0.3) is 0 Å². The predicted octanol–water partition coefficient (Wildman–Crippen LogP) is 0.708. The molecular formula is C13H14FNO6S. The number of aliphatic carboxylic acids is 1. The number of benzene rings is 1. The number of rotatable bonds is 4. The molecule has 0 amide bonds. The molecule has 1 aliphatic heterocycles. The lowest BCUT2D eigenvalue weighted by Crippen LogP contribution is -2.31. The quantitative estimate of drug-likeness (QED) is 0.815. The Morgan fingerprint density at radius 2 is 2.09 bits per heavy atom. The van der Waals surface area contributed by atoms with Crippen molar-refractivity contribution >= 4 is 22.0 Å². The number of esters is 1. The number of hydrogen-bond donors (Lipinski definition) is 1. The highest BCUT2D eigenvalue weighted by atomic mass is 32.2. The standard InChI is InChI=1S/C13H14FNO6S/c1-21-13(18)11-9(14)3-2-4-10(11)22(19,20)15-6-5-8(7-15)12(16)17/h2-4,8H,5-7H2,1H3,(H,16,17). The predicted molar refractivity (Wildman–Crippen MR) is 72.2 cm³/mol. The molecule has 1 aliphatic rings. The van der Waals surface area contributed by atoms with E-state index < -0.39 is 44.2 Å². The van der Waals surface area contributed by atoms with Gasteiger partial charge in [0.1, 0.15) is 11.4 Å². The minimum absolute atomic E-state index is 0.00355. The maximum absolute atomic E-state index is 13.8. The van der Waals surface area contributed by atoms with Gasteiger partial charge >= 0.3 is 11.9 Å². The van der Waals surface area contributed by atoms with Crippen molar-refractivity contribution in [2.75, 3.05) is 20.2 Å². The van der Waals surface area contributed by atoms with E-state index in [2.05, 4.69) is 4.74 Å². The van der Waals surface area contributed by atoms with E-state index in [-0.39, 0.29) is 19.5 Å². The molecule has 1 N–H and O–H groups in total. The van der Waals surface area contributed by atoms with E-state index in [1.54, 1.807) is 0 Å². The minimum Gasteiger partial charge on any atom is -0.481 e. The molecule has 1 atom stereocenters. The molecule has 0 saturated carbocycles. The van der Waals surface area contributed by atoms with Gasteiger partial charge in [0, 0.05) is 13.1 Å². The molecule has 7 nitrogen and oxygen atoms in total. The van der Waals surface area contributed by atoms with Crippen LogP contribution in [0.3, 0.4) is 0 Å². The third-order valence-electron chi connectivity index (χ3n) is 3.48. The number of halogens is 1. The van der Waals surface area contributed by atoms with Crippen molar-refractivity contribution in [2.24, 2.45) is 5.92 Å². The van der Waals surface area contributed by atoms with Crippen LogP contribution in [0.4, 0.5) is 4.39 Å². The van der Waals surface area contributed by atoms with Crippen LogP contribution in [-0.2, 0) is 19.6 Å². The van der Waals surface area contributed by atoms with Crippen molar-refractivity contribution < 1.29 is 32.2 Å². The van der Waals surface area contributed by atoms with Gasteiger partial charge in [-0.05, 0) is 18.6 Å². The Hall–Kier alpha value is -2.00. The molecule has 0 radical (unpaired) electrons. The Bertz CT molecular complexity index is 717. The summed E-state index contributed by atoms with van der Waals surface area (Å²) < 4.78 is 44.3. The highest BCUT2D eigenvalue weighted by Crippen LogP contribution is 2.28. The first-order valence-corrected chi connectivity index (χ1v) is 7.82. The minimum atomic E-state index is -4.18. The fourth-order valence-corrected chi connectivity index (χ4v) is 4.00. The SMILES string of the molecule is COC(=O)c1c(F)cccc1S(=O)(=O)N1CCC(C(=O)O)C1. The van der Waals surface area contributed by atoms with Gasteiger partial charge in [0.05, 0.1) is 17.9 Å². The van der Waals surface area contributed by atoms with Gasteiger partial charge in [-0.2, -0.15) is 4.31 Å². The smallest absolute Gasteiger partial charge is 0.342 e. The number of ether oxygens (including phenoxy) is 1. The van der Waals surface area contributed by atoms with Crippen LogP contribution in [0.1, 0.15) is 16.8 Å². The molecule has 9 heteroatoms. The first kappa shape index (κ1) is 16.4. The number of carboxylic acid groups (broad SMARTS) is 1. The van der Waals surface area contributed by atoms with Crippen molar-refractivity contribution in [2.45, 2.75) is 11.3 Å². The molecule has 120 valence electrons. The number of carbonyl (C=O) groups is 2. The monoisotopic (exact) mass is 331 g/mol. The van der Waals surface area contributed by atoms with Gasteiger partial charge in [0.2, 0.25) is 10.0 Å². The summed E-state index contributed by atoms with van der Waals surface area (Å²) in [6.07, 6.45) is 0.164. The van der Waals surface area contributed by atoms with Crippen LogP contribution in [-0.4, -0.2) is 50.0 Å². The Kier molecular flexibility index (Phi) is 4.47. The zero-order valence-electron chi connectivity index (χ0n) is 11.7. The molecule has 1 aromatic carbocycles. The molecule has 0 spiro atoms. The Balaban J connectivity index is 2.45. The lowest BCUT2D eigenvalue weighted by Gasteiger charge is -2.18. The molecule has 1 aromatic rings. The summed E-state index contributed by atoms with van der Waals surface area (Å²) in [5, 5.41) is 8.94. The van der Waals surface area contributed by atoms with Crippen LogP contribution >= 0.6 is 0 Å². The van der Waals surface area contributed by atoms with Crippen molar-refractivity contribution in [3.8, 4) is 0 Å². The highest BCUT2D eigenvalue weighted by molar-refractivity contribution is 7.89. The van der Waals surface area contributed by atoms with Gasteiger partial charge in [-0.1, -0.05) is 6.07 Å². The summed E-state index contributed by atoms with van der Waals surface area (Å²) in [7, 11) is -3.17. The topological polar surface area (TPSA) is 101 Å². The van der Waals surface area contributed by atoms with Crippen LogP contribution in [0.5, 0.6) is 0 Å². The van der Waals surface area contributed by atoms with Crippen molar-refractivity contribution in [1.82, 2.24) is 4.31 Å². The second kappa shape index (κ2) is 6.01. The van der Waals surface area contributed by atoms with Gasteiger partial charge in [-0.25, -0.2) is 17.6 Å². The largest absolute Gasteiger partial charge is 0.481 e. The zero-order valence-corrected chi connectivity index (χ0v) is 12.5. The van der Waals surface area contributed by atoms with Gasteiger partial charge in [0.15, 0.2) is 0 Å². The van der Waals surface area contributed by atoms with Gasteiger partial charge in [-0.15, -0.1) is 0 Å². The third-order valence-corrected chi connectivity index (χ3v) is 5.39. The molecule has 0 aliphatic carbocycles. The summed E-state index contributed by atoms with van der Waals surface area (Å²) in [4.78, 5) is 22.1. The van der Waals surface area contributed by atoms with E-state index in [0.717, 1.165) is 23.5 Å². The average molecular weight is 331 g/mol. The number of carbonyl (C=O) groups excluding carboxylic acids is 1. The third kappa shape index (κ3) is 2.81. The molecular weight excluding hydrogens is 317 g/mol. The van der Waals surface area contributed by atoms with Gasteiger partial charge in [0.25, 0.3) is 0 Å². The lowest BCUT2D eigenvalue weighted by molar-refractivity contribution is -0.141. The van der Waals surface area contributed by atoms with Gasteiger partial charge < -0.3 is 9.84 Å². The fourth-order valence-electron chi connectivity index (χ4n) is 2.31. The molecule has 0 aromatic heterocycles. The molecule has 2 rings (SSSR count). The summed E-state index contributed by atoms with van der Waals surface area (Å²) in [6.45, 7) is -0.217. The molecule has 22 heavy (non-hydrogen) atoms. The van der Waals surface area contributed by atoms with E-state index in [1.165, 1.54) is 6.07 Å². The first-order valence-electron chi connectivity index (χ1n) is 6.38. The summed E-state index contributed by atoms with van der Waals surface area (Å²) >= 11 is 0. The van der Waals surface area contributed by atoms with Gasteiger partial charge in [-0.3, -0.25) is 4.79 Å². The van der Waals surface area contributed by atoms with E-state index in [9.17, 15) is 22.4 Å². The van der Waals surface area contributed by atoms with E-state index >= 15 is 0 Å². The summed E-state index contributed by atoms with van der Waals surface area (Å²) in [6, 6.07) is 3.22. The van der Waals surface area contributed by atoms with Crippen molar-refractivity contribution in [3.63, 3.8) is 0 Å². The molecule has 1 saturated heterocycles. The number of methoxy groups -OCH3 is 1. The zero-order chi connectivity index (χ0) is 16.5. The lowest BCUT2D eigenvalue weighted by atomic mass is 10.1. The van der Waals surface area contributed by atoms with Crippen LogP contribution in [0, 0.1) is 11.7 Å². The summed E-state index contributed by atoms with van der Waals surface area (Å²) in [5.41, 5.74) is -0.677. The Morgan fingerprint density at radius 3 is 2.64 bits per heavy atom. The van der Waals surface area contributed by atoms with Crippen molar-refractivity contribution in [1.29, 1.82) is 0 Å². The molecule has 0 bridgehead atoms. The van der Waals surface area contributed by atoms with Crippen LogP contribution < -0.4 is 0 Å². The van der Waals surface area contributed by atoms with E-state index in [1.807, 2.05) is 0 Å². The van der Waals surface area contributed by atoms with Crippen LogP contribution in [0.15, 0.2) is 23.1 Å². The normalized spacial score (nSPS) is 19.1. The van der Waals surface area contributed by atoms with Crippen LogP contribution in [0.2, 0.25) is 0 Å². The van der Waals surface area contributed by atoms with Crippen molar-refractivity contribution in [3.05, 3.63) is 29.6 Å². The summed E-state index contributed by atoms with van der Waals surface area (Å²) in [5.74, 6) is -4.03. The molecule has 1 heterocycles. The maximum Gasteiger partial charge on any atom is 0.342 e. The van der Waals surface area contributed by atoms with E-state index in [4.69, 9.17) is 5.11 Å².